The number of hydrogen-bond acceptors (Lipinski definition) is 25. The zero-order valence-electron chi connectivity index (χ0n) is 53.9. The van der Waals surface area contributed by atoms with E-state index in [2.05, 4.69) is 113 Å². The van der Waals surface area contributed by atoms with Crippen LogP contribution < -0.4 is 31.9 Å². The third kappa shape index (κ3) is 14.8. The Bertz CT molecular complexity index is 4500. The first kappa shape index (κ1) is 67.0. The minimum atomic E-state index is -4.63. The summed E-state index contributed by atoms with van der Waals surface area (Å²) < 4.78 is 126. The van der Waals surface area contributed by atoms with Crippen LogP contribution >= 0.6 is 11.5 Å². The van der Waals surface area contributed by atoms with E-state index in [1.54, 1.807) is 44.2 Å². The average Bonchev–Trinajstić information content (AvgIpc) is 1.61. The molecule has 0 unspecified atom stereocenters. The monoisotopic (exact) mass is 1370 g/mol. The first-order valence-electron chi connectivity index (χ1n) is 31.9. The van der Waals surface area contributed by atoms with Gasteiger partial charge in [0.25, 0.3) is 5.92 Å². The van der Waals surface area contributed by atoms with Crippen LogP contribution in [-0.4, -0.2) is 138 Å². The van der Waals surface area contributed by atoms with Gasteiger partial charge in [-0.3, -0.25) is 15.0 Å². The number of nitrogens with zero attached hydrogens (tertiary/aromatic N) is 16. The number of aromatic nitrogens is 14. The maximum absolute atomic E-state index is 14.4. The second kappa shape index (κ2) is 27.7. The molecule has 0 aromatic carbocycles. The van der Waals surface area contributed by atoms with Crippen LogP contribution in [0.1, 0.15) is 142 Å². The van der Waals surface area contributed by atoms with Gasteiger partial charge in [-0.25, -0.2) is 48.7 Å². The van der Waals surface area contributed by atoms with Crippen molar-refractivity contribution >= 4 is 46.4 Å². The molecule has 9 aromatic rings. The Labute approximate surface area is 559 Å². The van der Waals surface area contributed by atoms with Crippen LogP contribution in [-0.2, 0) is 37.8 Å². The molecule has 33 heteroatoms. The van der Waals surface area contributed by atoms with Gasteiger partial charge in [-0.1, -0.05) is 22.5 Å². The first-order chi connectivity index (χ1) is 47.0. The van der Waals surface area contributed by atoms with Gasteiger partial charge in [-0.05, 0) is 114 Å². The summed E-state index contributed by atoms with van der Waals surface area (Å²) in [6.07, 6.45) is 1.65. The molecule has 3 fully saturated rings. The predicted octanol–water partition coefficient (Wildman–Crippen LogP) is 10.8. The number of pyridine rings is 3. The van der Waals surface area contributed by atoms with Crippen molar-refractivity contribution in [2.75, 3.05) is 48.7 Å². The van der Waals surface area contributed by atoms with E-state index in [1.165, 1.54) is 17.7 Å². The van der Waals surface area contributed by atoms with Crippen LogP contribution in [0.4, 0.5) is 53.0 Å². The van der Waals surface area contributed by atoms with E-state index < -0.39 is 29.4 Å². The van der Waals surface area contributed by atoms with Gasteiger partial charge >= 0.3 is 12.4 Å². The van der Waals surface area contributed by atoms with Gasteiger partial charge in [0.2, 0.25) is 41.3 Å². The third-order valence-electron chi connectivity index (χ3n) is 17.2. The van der Waals surface area contributed by atoms with Gasteiger partial charge in [0.1, 0.15) is 33.9 Å². The highest BCUT2D eigenvalue weighted by Crippen LogP contribution is 2.42. The molecule has 15 rings (SSSR count). The Hall–Kier alpha value is -9.60. The summed E-state index contributed by atoms with van der Waals surface area (Å²) in [5, 5.41) is 27.2. The van der Waals surface area contributed by atoms with Gasteiger partial charge in [-0.15, -0.1) is 0 Å². The van der Waals surface area contributed by atoms with Crippen molar-refractivity contribution in [1.82, 2.24) is 85.5 Å². The van der Waals surface area contributed by atoms with Crippen molar-refractivity contribution in [3.63, 3.8) is 0 Å². The van der Waals surface area contributed by atoms with E-state index in [4.69, 9.17) is 14.0 Å². The smallest absolute Gasteiger partial charge is 0.350 e. The molecule has 14 heterocycles. The van der Waals surface area contributed by atoms with Crippen LogP contribution in [0.5, 0.6) is 0 Å². The summed E-state index contributed by atoms with van der Waals surface area (Å²) >= 11 is 1.42. The lowest BCUT2D eigenvalue weighted by molar-refractivity contribution is -0.139. The molecule has 98 heavy (non-hydrogen) atoms. The van der Waals surface area contributed by atoms with E-state index in [-0.39, 0.29) is 71.5 Å². The summed E-state index contributed by atoms with van der Waals surface area (Å²) in [4.78, 5) is 57.2. The van der Waals surface area contributed by atoms with Gasteiger partial charge in [0.15, 0.2) is 0 Å². The van der Waals surface area contributed by atoms with Gasteiger partial charge in [-0.2, -0.15) is 40.7 Å². The molecule has 9 aromatic heterocycles. The molecule has 0 saturated carbocycles. The second-order valence-electron chi connectivity index (χ2n) is 24.6. The first-order valence-corrected chi connectivity index (χ1v) is 32.7. The molecular formula is C65H66F8N22O2S. The van der Waals surface area contributed by atoms with Gasteiger partial charge in [0.05, 0.1) is 64.2 Å². The largest absolute Gasteiger partial charge is 0.420 e. The minimum absolute atomic E-state index is 0.0335. The number of alkyl halides is 8. The molecule has 6 aliphatic rings. The average molecular weight is 1370 g/mol. The maximum Gasteiger partial charge on any atom is 0.420 e. The van der Waals surface area contributed by atoms with Crippen molar-refractivity contribution in [2.24, 2.45) is 9.98 Å². The van der Waals surface area contributed by atoms with Crippen LogP contribution in [0.25, 0.3) is 39.9 Å². The lowest BCUT2D eigenvalue weighted by Gasteiger charge is -2.28. The second-order valence-corrected chi connectivity index (χ2v) is 25.5. The van der Waals surface area contributed by atoms with Crippen LogP contribution in [0.3, 0.4) is 0 Å². The number of nitrogens with one attached hydrogen (secondary N) is 6. The van der Waals surface area contributed by atoms with Crippen molar-refractivity contribution in [3.8, 4) is 34.3 Å². The molecule has 1 aliphatic carbocycles. The van der Waals surface area contributed by atoms with E-state index in [0.29, 0.717) is 99.1 Å². The number of aliphatic imine (C=N–C) groups is 2. The van der Waals surface area contributed by atoms with Gasteiger partial charge < -0.3 is 40.9 Å². The zero-order valence-corrected chi connectivity index (χ0v) is 54.7. The molecule has 0 radical (unpaired) electrons. The molecular weight excluding hydrogens is 1300 g/mol. The summed E-state index contributed by atoms with van der Waals surface area (Å²) in [6, 6.07) is 11.2. The fraction of sp³-hybridized carbons (Fsp3) is 0.415. The number of piperidine rings is 3. The number of allylic oxidation sites excluding steroid dienone is 1. The molecule has 6 N–H and O–H groups in total. The normalized spacial score (nSPS) is 19.0. The molecule has 3 saturated heterocycles. The minimum Gasteiger partial charge on any atom is -0.350 e. The summed E-state index contributed by atoms with van der Waals surface area (Å²) in [7, 11) is 0. The molecule has 510 valence electrons. The molecule has 4 atom stereocenters. The van der Waals surface area contributed by atoms with E-state index in [9.17, 15) is 35.1 Å². The van der Waals surface area contributed by atoms with Crippen molar-refractivity contribution in [2.45, 2.75) is 142 Å². The van der Waals surface area contributed by atoms with Crippen LogP contribution in [0.15, 0.2) is 80.1 Å². The summed E-state index contributed by atoms with van der Waals surface area (Å²) in [5.41, 5.74) is 6.07. The van der Waals surface area contributed by atoms with Crippen molar-refractivity contribution < 1.29 is 44.2 Å². The SMILES string of the molecule is Cc1nc(-c2ccc3c(n2)CN=C3c2nc(N[C@H]3CCCNC3)ncc2C(C)(F)F)no1.Cc1nc(-c2ccc3c(n2)CN=C3c2nc(N[C@H]3CC[C@H](C)NC3)ncc2C(F)(F)F)no1.Cc1nsc(C)c1-c1ccc2c(n1)CC=C2c1nc(N[C@H]2CCCNC2)ncc1C(F)(F)F. The van der Waals surface area contributed by atoms with Crippen LogP contribution in [0, 0.1) is 27.7 Å². The highest BCUT2D eigenvalue weighted by molar-refractivity contribution is 7.06. The van der Waals surface area contributed by atoms with E-state index in [1.807, 2.05) is 26.0 Å². The summed E-state index contributed by atoms with van der Waals surface area (Å²) in [5.74, 6) is -0.960. The summed E-state index contributed by atoms with van der Waals surface area (Å²) in [6.45, 7) is 14.7. The Morgan fingerprint density at radius 3 is 1.47 bits per heavy atom. The third-order valence-corrected chi connectivity index (χ3v) is 18.1. The quantitative estimate of drug-likeness (QED) is 0.0585. The number of anilines is 3. The predicted molar refractivity (Wildman–Crippen MR) is 348 cm³/mol. The molecule has 0 amide bonds. The number of rotatable bonds is 13. The number of halogens is 8. The molecule has 5 aliphatic heterocycles. The maximum atomic E-state index is 14.4. The lowest BCUT2D eigenvalue weighted by atomic mass is 10.0. The Morgan fingerprint density at radius 2 is 1.01 bits per heavy atom. The Kier molecular flexibility index (Phi) is 19.0. The van der Waals surface area contributed by atoms with E-state index >= 15 is 0 Å². The fourth-order valence-electron chi connectivity index (χ4n) is 12.3. The molecule has 24 nitrogen and oxygen atoms in total. The fourth-order valence-corrected chi connectivity index (χ4v) is 13.0. The standard InChI is InChI=1S/C23H23F3N6S.C21H21F3N8O.C21H22F2N8O/c1-12-20(13(2)33-32-12)19-8-5-15-16(6-7-18(15)30-19)21-17(23(24,25)26)11-28-22(31-21)29-14-4-3-9-27-10-14;1-10-3-4-12(7-25-10)29-20-27-8-14(21(22,23)24)18(31-20)17-13-5-6-15(30-16(13)9-26-17)19-28-11(2)33-32-19;1-11-27-19(31-32-11)15-6-5-13-16(29-15)10-25-17(13)18-14(21(2,22)23)9-26-20(30-18)28-12-4-3-7-24-8-12/h5-6,8,11,14,27H,3-4,7,9-10H2,1-2H3,(H,28,29,31);5-6,8,10,12,25H,3-4,7,9H2,1-2H3,(H,27,29,31);5-6,9,12,24H,3-4,7-8,10H2,1-2H3,(H,26,28,30)/t14-;10-,12-;12-/m000/s1. The van der Waals surface area contributed by atoms with Crippen molar-refractivity contribution in [1.29, 1.82) is 0 Å². The number of hydrogen-bond donors (Lipinski definition) is 6. The van der Waals surface area contributed by atoms with Crippen molar-refractivity contribution in [3.05, 3.63) is 151 Å². The highest BCUT2D eigenvalue weighted by atomic mass is 32.1. The van der Waals surface area contributed by atoms with E-state index in [0.717, 1.165) is 112 Å². The number of aryl methyl sites for hydroxylation is 4. The molecule has 0 bridgehead atoms. The van der Waals surface area contributed by atoms with Gasteiger partial charge in [0, 0.05) is 122 Å². The van der Waals surface area contributed by atoms with Crippen LogP contribution in [0.2, 0.25) is 0 Å². The Morgan fingerprint density at radius 1 is 0.531 bits per heavy atom. The highest BCUT2D eigenvalue weighted by Gasteiger charge is 2.40. The Balaban J connectivity index is 0.000000132. The number of fused-ring (bicyclic) bond motifs is 3. The lowest BCUT2D eigenvalue weighted by Crippen LogP contribution is -2.43. The molecule has 0 spiro atoms. The zero-order chi connectivity index (χ0) is 68.6. The topological polar surface area (TPSA) is 304 Å².